The van der Waals surface area contributed by atoms with E-state index in [1.54, 1.807) is 0 Å². The van der Waals surface area contributed by atoms with Crippen molar-refractivity contribution in [3.05, 3.63) is 55.4 Å². The summed E-state index contributed by atoms with van der Waals surface area (Å²) >= 11 is 10.4. The zero-order chi connectivity index (χ0) is 13.1. The monoisotopic (exact) mass is 430 g/mol. The van der Waals surface area contributed by atoms with Crippen molar-refractivity contribution < 1.29 is 0 Å². The molecule has 5 heteroatoms. The van der Waals surface area contributed by atoms with Crippen molar-refractivity contribution in [3.63, 3.8) is 0 Å². The number of benzene rings is 2. The fraction of sp³-hybridized carbons (Fsp3) is 0.0769. The second kappa shape index (κ2) is 6.08. The molecule has 0 aliphatic rings. The highest BCUT2D eigenvalue weighted by molar-refractivity contribution is 9.13. The molecule has 0 fully saturated rings. The largest absolute Gasteiger partial charge is 0.150 e. The van der Waals surface area contributed by atoms with E-state index in [1.807, 2.05) is 43.3 Å². The first-order valence-electron chi connectivity index (χ1n) is 5.20. The van der Waals surface area contributed by atoms with Crippen LogP contribution in [0.4, 0.5) is 11.4 Å². The molecule has 2 aromatic rings. The number of halogens is 3. The van der Waals surface area contributed by atoms with Crippen LogP contribution >= 0.6 is 47.8 Å². The summed E-state index contributed by atoms with van der Waals surface area (Å²) < 4.78 is 2.90. The predicted molar refractivity (Wildman–Crippen MR) is 84.9 cm³/mol. The van der Waals surface area contributed by atoms with Gasteiger partial charge in [0.15, 0.2) is 0 Å². The quantitative estimate of drug-likeness (QED) is 0.472. The van der Waals surface area contributed by atoms with E-state index in [0.717, 1.165) is 24.8 Å². The maximum atomic E-state index is 4.23. The third-order valence-electron chi connectivity index (χ3n) is 2.36. The lowest BCUT2D eigenvalue weighted by Gasteiger charge is -2.00. The Morgan fingerprint density at radius 3 is 2.39 bits per heavy atom. The lowest BCUT2D eigenvalue weighted by atomic mass is 10.2. The third-order valence-corrected chi connectivity index (χ3v) is 5.24. The molecule has 2 aromatic carbocycles. The Morgan fingerprint density at radius 2 is 1.67 bits per heavy atom. The molecule has 0 saturated carbocycles. The number of hydrogen-bond donors (Lipinski definition) is 0. The van der Waals surface area contributed by atoms with E-state index in [9.17, 15) is 0 Å². The number of nitrogens with zero attached hydrogens (tertiary/aromatic N) is 2. The van der Waals surface area contributed by atoms with Crippen molar-refractivity contribution >= 4 is 59.2 Å². The fourth-order valence-electron chi connectivity index (χ4n) is 1.33. The normalized spacial score (nSPS) is 11.1. The zero-order valence-electron chi connectivity index (χ0n) is 9.49. The summed E-state index contributed by atoms with van der Waals surface area (Å²) in [7, 11) is 0. The highest BCUT2D eigenvalue weighted by atomic mass is 79.9. The molecule has 92 valence electrons. The Bertz CT molecular complexity index is 609. The smallest absolute Gasteiger partial charge is 0.101 e. The standard InChI is InChI=1S/C13H9Br3N2/c1-8-5-6-9(7-11(8)15)17-18-12-4-2-3-10(14)13(12)16/h2-7H,1H3/b18-17+. The third kappa shape index (κ3) is 3.28. The maximum Gasteiger partial charge on any atom is 0.101 e. The van der Waals surface area contributed by atoms with Crippen molar-refractivity contribution in [1.82, 2.24) is 0 Å². The molecule has 0 bridgehead atoms. The van der Waals surface area contributed by atoms with Gasteiger partial charge in [0, 0.05) is 8.95 Å². The minimum atomic E-state index is 0.793. The molecule has 0 heterocycles. The summed E-state index contributed by atoms with van der Waals surface area (Å²) in [5.74, 6) is 0. The van der Waals surface area contributed by atoms with E-state index < -0.39 is 0 Å². The summed E-state index contributed by atoms with van der Waals surface area (Å²) in [5, 5.41) is 8.46. The average Bonchev–Trinajstić information content (AvgIpc) is 2.35. The van der Waals surface area contributed by atoms with E-state index >= 15 is 0 Å². The van der Waals surface area contributed by atoms with Gasteiger partial charge < -0.3 is 0 Å². The van der Waals surface area contributed by atoms with Crippen LogP contribution in [0.25, 0.3) is 0 Å². The molecule has 0 atom stereocenters. The summed E-state index contributed by atoms with van der Waals surface area (Å²) in [4.78, 5) is 0. The van der Waals surface area contributed by atoms with Gasteiger partial charge in [-0.05, 0) is 68.6 Å². The second-order valence-corrected chi connectivity index (χ2v) is 6.21. The minimum Gasteiger partial charge on any atom is -0.150 e. The highest BCUT2D eigenvalue weighted by Gasteiger charge is 2.02. The molecule has 0 radical (unpaired) electrons. The Hall–Kier alpha value is -0.520. The molecular weight excluding hydrogens is 424 g/mol. The van der Waals surface area contributed by atoms with Crippen molar-refractivity contribution in [2.24, 2.45) is 10.2 Å². The Morgan fingerprint density at radius 1 is 0.889 bits per heavy atom. The zero-order valence-corrected chi connectivity index (χ0v) is 14.3. The minimum absolute atomic E-state index is 0.793. The average molecular weight is 433 g/mol. The lowest BCUT2D eigenvalue weighted by Crippen LogP contribution is -1.74. The first-order valence-corrected chi connectivity index (χ1v) is 7.58. The van der Waals surface area contributed by atoms with Gasteiger partial charge in [0.1, 0.15) is 5.69 Å². The van der Waals surface area contributed by atoms with Gasteiger partial charge in [0.2, 0.25) is 0 Å². The van der Waals surface area contributed by atoms with Crippen molar-refractivity contribution in [2.45, 2.75) is 6.92 Å². The van der Waals surface area contributed by atoms with Gasteiger partial charge in [-0.25, -0.2) is 0 Å². The molecule has 18 heavy (non-hydrogen) atoms. The fourth-order valence-corrected chi connectivity index (χ4v) is 2.39. The number of hydrogen-bond acceptors (Lipinski definition) is 2. The lowest BCUT2D eigenvalue weighted by molar-refractivity contribution is 1.21. The highest BCUT2D eigenvalue weighted by Crippen LogP contribution is 2.33. The van der Waals surface area contributed by atoms with Gasteiger partial charge >= 0.3 is 0 Å². The molecule has 2 nitrogen and oxygen atoms in total. The van der Waals surface area contributed by atoms with E-state index in [2.05, 4.69) is 58.0 Å². The summed E-state index contributed by atoms with van der Waals surface area (Å²) in [6.45, 7) is 2.04. The number of rotatable bonds is 2. The molecule has 0 aliphatic heterocycles. The van der Waals surface area contributed by atoms with Gasteiger partial charge in [-0.1, -0.05) is 28.1 Å². The van der Waals surface area contributed by atoms with Crippen LogP contribution in [-0.2, 0) is 0 Å². The summed E-state index contributed by atoms with van der Waals surface area (Å²) in [6, 6.07) is 11.7. The van der Waals surface area contributed by atoms with Crippen molar-refractivity contribution in [3.8, 4) is 0 Å². The van der Waals surface area contributed by atoms with Gasteiger partial charge in [-0.15, -0.1) is 5.11 Å². The molecule has 0 saturated heterocycles. The van der Waals surface area contributed by atoms with Crippen LogP contribution < -0.4 is 0 Å². The Labute approximate surface area is 131 Å². The molecule has 0 aliphatic carbocycles. The molecule has 0 N–H and O–H groups in total. The first-order chi connectivity index (χ1) is 8.58. The van der Waals surface area contributed by atoms with Crippen LogP contribution in [0.2, 0.25) is 0 Å². The molecule has 0 aromatic heterocycles. The van der Waals surface area contributed by atoms with Crippen molar-refractivity contribution in [1.29, 1.82) is 0 Å². The van der Waals surface area contributed by atoms with Crippen LogP contribution in [0.3, 0.4) is 0 Å². The first kappa shape index (κ1) is 13.9. The number of azo groups is 1. The predicted octanol–water partition coefficient (Wildman–Crippen LogP) is 6.70. The second-order valence-electron chi connectivity index (χ2n) is 3.71. The van der Waals surface area contributed by atoms with E-state index in [1.165, 1.54) is 5.56 Å². The molecule has 2 rings (SSSR count). The van der Waals surface area contributed by atoms with E-state index in [4.69, 9.17) is 0 Å². The van der Waals surface area contributed by atoms with Crippen LogP contribution in [0.1, 0.15) is 5.56 Å². The number of aryl methyl sites for hydroxylation is 1. The van der Waals surface area contributed by atoms with Crippen LogP contribution in [0.5, 0.6) is 0 Å². The van der Waals surface area contributed by atoms with Crippen LogP contribution in [-0.4, -0.2) is 0 Å². The maximum absolute atomic E-state index is 4.23. The van der Waals surface area contributed by atoms with Crippen molar-refractivity contribution in [2.75, 3.05) is 0 Å². The summed E-state index contributed by atoms with van der Waals surface area (Å²) in [6.07, 6.45) is 0. The van der Waals surface area contributed by atoms with E-state index in [-0.39, 0.29) is 0 Å². The van der Waals surface area contributed by atoms with Gasteiger partial charge in [-0.3, -0.25) is 0 Å². The van der Waals surface area contributed by atoms with Gasteiger partial charge in [0.05, 0.1) is 10.2 Å². The van der Waals surface area contributed by atoms with E-state index in [0.29, 0.717) is 0 Å². The van der Waals surface area contributed by atoms with Gasteiger partial charge in [-0.2, -0.15) is 5.11 Å². The molecule has 0 unspecified atom stereocenters. The molecule has 0 spiro atoms. The summed E-state index contributed by atoms with van der Waals surface area (Å²) in [5.41, 5.74) is 2.79. The van der Waals surface area contributed by atoms with Gasteiger partial charge in [0.25, 0.3) is 0 Å². The SMILES string of the molecule is Cc1ccc(/N=N/c2cccc(Br)c2Br)cc1Br. The Kier molecular flexibility index (Phi) is 4.70. The topological polar surface area (TPSA) is 24.7 Å². The Balaban J connectivity index is 2.30. The van der Waals surface area contributed by atoms with Crippen LogP contribution in [0, 0.1) is 6.92 Å². The van der Waals surface area contributed by atoms with Crippen LogP contribution in [0.15, 0.2) is 60.0 Å². The molecule has 0 amide bonds. The molecular formula is C13H9Br3N2.